The lowest BCUT2D eigenvalue weighted by atomic mass is 9.87. The number of rotatable bonds is 5. The Labute approximate surface area is 110 Å². The Morgan fingerprint density at radius 1 is 0.810 bits per heavy atom. The molecule has 0 bridgehead atoms. The molecule has 0 saturated carbocycles. The monoisotopic (exact) mass is 342 g/mol. The van der Waals surface area contributed by atoms with E-state index in [4.69, 9.17) is 5.11 Å². The van der Waals surface area contributed by atoms with E-state index in [1.165, 1.54) is 0 Å². The molecule has 1 nitrogen and oxygen atoms in total. The molecule has 0 heterocycles. The van der Waals surface area contributed by atoms with Crippen LogP contribution in [0.25, 0.3) is 0 Å². The molecule has 2 unspecified atom stereocenters. The van der Waals surface area contributed by atoms with Crippen molar-refractivity contribution in [2.75, 3.05) is 0 Å². The van der Waals surface area contributed by atoms with Crippen LogP contribution in [0, 0.1) is 5.92 Å². The highest BCUT2D eigenvalue weighted by Gasteiger charge is 2.83. The summed E-state index contributed by atoms with van der Waals surface area (Å²) in [6.07, 6.45) is -15.4. The van der Waals surface area contributed by atoms with Crippen LogP contribution in [0.15, 0.2) is 0 Å². The molecule has 0 spiro atoms. The van der Waals surface area contributed by atoms with E-state index < -0.39 is 48.8 Å². The van der Waals surface area contributed by atoms with E-state index >= 15 is 0 Å². The van der Waals surface area contributed by atoms with Gasteiger partial charge in [-0.05, 0) is 6.42 Å². The zero-order valence-electron chi connectivity index (χ0n) is 10.1. The number of aliphatic hydroxyl groups is 1. The highest BCUT2D eigenvalue weighted by molar-refractivity contribution is 5.03. The molecule has 21 heavy (non-hydrogen) atoms. The van der Waals surface area contributed by atoms with Gasteiger partial charge in [-0.15, -0.1) is 0 Å². The molecule has 0 aliphatic heterocycles. The summed E-state index contributed by atoms with van der Waals surface area (Å²) in [6.45, 7) is 0.883. The number of halogens is 11. The highest BCUT2D eigenvalue weighted by Crippen LogP contribution is 2.56. The van der Waals surface area contributed by atoms with E-state index in [1.807, 2.05) is 0 Å². The fourth-order valence-corrected chi connectivity index (χ4v) is 1.47. The minimum atomic E-state index is -7.10. The van der Waals surface area contributed by atoms with Gasteiger partial charge in [-0.1, -0.05) is 13.3 Å². The van der Waals surface area contributed by atoms with Crippen LogP contribution >= 0.6 is 0 Å². The zero-order valence-corrected chi connectivity index (χ0v) is 10.1. The molecular formula is C9H9F11O. The molecule has 0 aromatic rings. The summed E-state index contributed by atoms with van der Waals surface area (Å²) in [5, 5.41) is 8.28. The largest absolute Gasteiger partial charge is 0.459 e. The van der Waals surface area contributed by atoms with Crippen LogP contribution in [0.2, 0.25) is 0 Å². The molecule has 0 aliphatic carbocycles. The van der Waals surface area contributed by atoms with Crippen LogP contribution in [0.5, 0.6) is 0 Å². The normalized spacial score (nSPS) is 19.3. The van der Waals surface area contributed by atoms with Crippen molar-refractivity contribution in [3.05, 3.63) is 0 Å². The SMILES string of the molecule is CCCC(C(F)(F)F)C(F)(F)C(O)(F)C(F)(F)C(F)(F)F. The van der Waals surface area contributed by atoms with Crippen molar-refractivity contribution in [3.63, 3.8) is 0 Å². The molecule has 0 aliphatic rings. The summed E-state index contributed by atoms with van der Waals surface area (Å²) >= 11 is 0. The molecule has 12 heteroatoms. The van der Waals surface area contributed by atoms with E-state index in [9.17, 15) is 48.3 Å². The van der Waals surface area contributed by atoms with Gasteiger partial charge in [0.15, 0.2) is 0 Å². The van der Waals surface area contributed by atoms with Gasteiger partial charge in [-0.25, -0.2) is 0 Å². The highest BCUT2D eigenvalue weighted by atomic mass is 19.4. The second-order valence-electron chi connectivity index (χ2n) is 4.20. The third-order valence-corrected chi connectivity index (χ3v) is 2.62. The number of alkyl halides is 11. The zero-order chi connectivity index (χ0) is 17.5. The minimum absolute atomic E-state index is 0.729. The van der Waals surface area contributed by atoms with Crippen LogP contribution in [0.4, 0.5) is 48.3 Å². The first kappa shape index (κ1) is 20.2. The Morgan fingerprint density at radius 2 is 1.19 bits per heavy atom. The maximum atomic E-state index is 13.2. The first-order valence-corrected chi connectivity index (χ1v) is 5.25. The Bertz CT molecular complexity index is 354. The van der Waals surface area contributed by atoms with E-state index in [1.54, 1.807) is 0 Å². The quantitative estimate of drug-likeness (QED) is 0.732. The fraction of sp³-hybridized carbons (Fsp3) is 1.00. The lowest BCUT2D eigenvalue weighted by Gasteiger charge is -2.39. The first-order chi connectivity index (χ1) is 8.94. The Morgan fingerprint density at radius 3 is 1.43 bits per heavy atom. The van der Waals surface area contributed by atoms with E-state index in [-0.39, 0.29) is 0 Å². The van der Waals surface area contributed by atoms with Gasteiger partial charge < -0.3 is 5.11 Å². The van der Waals surface area contributed by atoms with Crippen molar-refractivity contribution in [2.24, 2.45) is 5.92 Å². The average Bonchev–Trinajstić information content (AvgIpc) is 2.21. The third-order valence-electron chi connectivity index (χ3n) is 2.62. The molecule has 0 saturated heterocycles. The smallest absolute Gasteiger partial charge is 0.352 e. The van der Waals surface area contributed by atoms with Gasteiger partial charge >= 0.3 is 30.1 Å². The maximum absolute atomic E-state index is 13.2. The van der Waals surface area contributed by atoms with Crippen molar-refractivity contribution in [3.8, 4) is 0 Å². The summed E-state index contributed by atoms with van der Waals surface area (Å²) < 4.78 is 137. The summed E-state index contributed by atoms with van der Waals surface area (Å²) in [4.78, 5) is 0. The van der Waals surface area contributed by atoms with E-state index in [2.05, 4.69) is 0 Å². The van der Waals surface area contributed by atoms with Crippen LogP contribution in [0.1, 0.15) is 19.8 Å². The predicted octanol–water partition coefficient (Wildman–Crippen LogP) is 4.46. The predicted molar refractivity (Wildman–Crippen MR) is 46.5 cm³/mol. The van der Waals surface area contributed by atoms with Crippen LogP contribution < -0.4 is 0 Å². The van der Waals surface area contributed by atoms with Crippen LogP contribution in [-0.4, -0.2) is 35.2 Å². The van der Waals surface area contributed by atoms with Crippen LogP contribution in [-0.2, 0) is 0 Å². The van der Waals surface area contributed by atoms with Gasteiger partial charge in [0.2, 0.25) is 0 Å². The molecule has 0 aromatic carbocycles. The van der Waals surface area contributed by atoms with Gasteiger partial charge in [0, 0.05) is 0 Å². The lowest BCUT2D eigenvalue weighted by Crippen LogP contribution is -2.67. The Kier molecular flexibility index (Phi) is 5.22. The fourth-order valence-electron chi connectivity index (χ4n) is 1.47. The van der Waals surface area contributed by atoms with E-state index in [0.717, 1.165) is 6.92 Å². The van der Waals surface area contributed by atoms with Crippen molar-refractivity contribution in [2.45, 2.75) is 49.8 Å². The van der Waals surface area contributed by atoms with Gasteiger partial charge in [0.1, 0.15) is 5.92 Å². The molecule has 0 radical (unpaired) electrons. The first-order valence-electron chi connectivity index (χ1n) is 5.25. The van der Waals surface area contributed by atoms with Crippen LogP contribution in [0.3, 0.4) is 0 Å². The molecule has 2 atom stereocenters. The minimum Gasteiger partial charge on any atom is -0.352 e. The molecule has 0 aromatic heterocycles. The summed E-state index contributed by atoms with van der Waals surface area (Å²) in [6, 6.07) is 0. The van der Waals surface area contributed by atoms with Crippen molar-refractivity contribution >= 4 is 0 Å². The second-order valence-corrected chi connectivity index (χ2v) is 4.20. The molecule has 0 fully saturated rings. The number of hydrogen-bond acceptors (Lipinski definition) is 1. The Balaban J connectivity index is 5.96. The molecule has 0 rings (SSSR count). The Hall–Kier alpha value is -0.810. The molecule has 128 valence electrons. The van der Waals surface area contributed by atoms with Crippen molar-refractivity contribution in [1.29, 1.82) is 0 Å². The van der Waals surface area contributed by atoms with Crippen molar-refractivity contribution in [1.82, 2.24) is 0 Å². The van der Waals surface area contributed by atoms with Gasteiger partial charge in [-0.2, -0.15) is 48.3 Å². The lowest BCUT2D eigenvalue weighted by molar-refractivity contribution is -0.436. The molecule has 1 N–H and O–H groups in total. The average molecular weight is 342 g/mol. The second kappa shape index (κ2) is 5.43. The summed E-state index contributed by atoms with van der Waals surface area (Å²) in [5.41, 5.74) is 0. The summed E-state index contributed by atoms with van der Waals surface area (Å²) in [7, 11) is 0. The molecular weight excluding hydrogens is 333 g/mol. The molecule has 0 amide bonds. The van der Waals surface area contributed by atoms with Gasteiger partial charge in [-0.3, -0.25) is 0 Å². The standard InChI is InChI=1S/C9H9F11O/c1-2-3-4(6(12,13)14)5(10,11)8(17,21)7(15,16)9(18,19)20/h4,21H,2-3H2,1H3. The van der Waals surface area contributed by atoms with E-state index in [0.29, 0.717) is 0 Å². The summed E-state index contributed by atoms with van der Waals surface area (Å²) in [5.74, 6) is -24.5. The number of hydrogen-bond donors (Lipinski definition) is 1. The van der Waals surface area contributed by atoms with Crippen molar-refractivity contribution < 1.29 is 53.4 Å². The maximum Gasteiger partial charge on any atom is 0.459 e. The topological polar surface area (TPSA) is 20.2 Å². The van der Waals surface area contributed by atoms with Gasteiger partial charge in [0.25, 0.3) is 0 Å². The van der Waals surface area contributed by atoms with Gasteiger partial charge in [0.05, 0.1) is 0 Å². The third kappa shape index (κ3) is 3.34.